The van der Waals surface area contributed by atoms with Gasteiger partial charge in [-0.05, 0) is 61.4 Å². The molecule has 0 aromatic heterocycles. The molecule has 6 nitrogen and oxygen atoms in total. The molecule has 1 fully saturated rings. The summed E-state index contributed by atoms with van der Waals surface area (Å²) in [6.07, 6.45) is 0. The smallest absolute Gasteiger partial charge is 0.121 e. The summed E-state index contributed by atoms with van der Waals surface area (Å²) in [5, 5.41) is 30.8. The average molecular weight is 540 g/mol. The molecular weight excluding hydrogens is 509 g/mol. The number of aliphatic hydroxyl groups is 2. The van der Waals surface area contributed by atoms with E-state index < -0.39 is 5.60 Å². The lowest BCUT2D eigenvalue weighted by atomic mass is 9.92. The monoisotopic (exact) mass is 539 g/mol. The van der Waals surface area contributed by atoms with E-state index in [4.69, 9.17) is 38.3 Å². The van der Waals surface area contributed by atoms with Crippen LogP contribution in [-0.4, -0.2) is 54.0 Å². The van der Waals surface area contributed by atoms with Crippen LogP contribution < -0.4 is 9.64 Å². The molecule has 0 unspecified atom stereocenters. The summed E-state index contributed by atoms with van der Waals surface area (Å²) in [6.45, 7) is 5.92. The highest BCUT2D eigenvalue weighted by Crippen LogP contribution is 2.40. The second-order valence-corrected chi connectivity index (χ2v) is 10.5. The van der Waals surface area contributed by atoms with Crippen LogP contribution in [0, 0.1) is 11.3 Å². The van der Waals surface area contributed by atoms with Crippen molar-refractivity contribution in [2.24, 2.45) is 0 Å². The standard InChI is InChI=1S/C29H31Cl2N3O3/c1-20-17-33(19-29(2,36)23-7-3-21(16-32)4-8-23)18-28(22-5-9-24(30)10-6-22)34(20)27-12-11-25(15-26(27)31)37-14-13-35/h3-12,15,20,28,35-36H,13-14,17-19H2,1-2H3/t20-,28+,29-/m1/s1. The average Bonchev–Trinajstić information content (AvgIpc) is 2.88. The summed E-state index contributed by atoms with van der Waals surface area (Å²) >= 11 is 12.9. The van der Waals surface area contributed by atoms with E-state index in [2.05, 4.69) is 22.8 Å². The van der Waals surface area contributed by atoms with Crippen LogP contribution in [0.3, 0.4) is 0 Å². The highest BCUT2D eigenvalue weighted by Gasteiger charge is 2.37. The number of β-amino-alcohol motifs (C(OH)–C–C–N with tert-alkyl or cyclic N) is 1. The fraction of sp³-hybridized carbons (Fsp3) is 0.345. The molecule has 8 heteroatoms. The molecule has 4 rings (SSSR count). The second kappa shape index (κ2) is 11.7. The number of hydrogen-bond acceptors (Lipinski definition) is 6. The van der Waals surface area contributed by atoms with E-state index >= 15 is 0 Å². The van der Waals surface area contributed by atoms with E-state index in [1.807, 2.05) is 55.5 Å². The number of nitriles is 1. The summed E-state index contributed by atoms with van der Waals surface area (Å²) in [4.78, 5) is 4.58. The minimum Gasteiger partial charge on any atom is -0.491 e. The van der Waals surface area contributed by atoms with Crippen molar-refractivity contribution in [1.29, 1.82) is 5.26 Å². The van der Waals surface area contributed by atoms with Gasteiger partial charge in [-0.25, -0.2) is 0 Å². The number of hydrogen-bond donors (Lipinski definition) is 2. The van der Waals surface area contributed by atoms with Crippen LogP contribution in [0.4, 0.5) is 5.69 Å². The summed E-state index contributed by atoms with van der Waals surface area (Å²) < 4.78 is 5.54. The first-order valence-corrected chi connectivity index (χ1v) is 13.0. The number of aliphatic hydroxyl groups excluding tert-OH is 1. The minimum atomic E-state index is -1.09. The van der Waals surface area contributed by atoms with Crippen LogP contribution in [0.5, 0.6) is 5.75 Å². The predicted octanol–water partition coefficient (Wildman–Crippen LogP) is 5.40. The second-order valence-electron chi connectivity index (χ2n) is 9.67. The fourth-order valence-electron chi connectivity index (χ4n) is 5.04. The van der Waals surface area contributed by atoms with Gasteiger partial charge in [-0.2, -0.15) is 5.26 Å². The largest absolute Gasteiger partial charge is 0.491 e. The molecule has 3 atom stereocenters. The lowest BCUT2D eigenvalue weighted by Gasteiger charge is -2.49. The summed E-state index contributed by atoms with van der Waals surface area (Å²) in [6, 6.07) is 22.7. The molecule has 3 aromatic carbocycles. The maximum absolute atomic E-state index is 11.4. The highest BCUT2D eigenvalue weighted by molar-refractivity contribution is 6.33. The Labute approximate surface area is 228 Å². The quantitative estimate of drug-likeness (QED) is 0.399. The van der Waals surface area contributed by atoms with Gasteiger partial charge in [-0.15, -0.1) is 0 Å². The summed E-state index contributed by atoms with van der Waals surface area (Å²) in [5.74, 6) is 0.607. The van der Waals surface area contributed by atoms with Crippen molar-refractivity contribution in [1.82, 2.24) is 4.90 Å². The molecule has 1 aliphatic rings. The van der Waals surface area contributed by atoms with Crippen molar-refractivity contribution in [3.8, 4) is 11.8 Å². The summed E-state index contributed by atoms with van der Waals surface area (Å²) in [5.41, 5.74) is 2.23. The van der Waals surface area contributed by atoms with Gasteiger partial charge in [0.15, 0.2) is 0 Å². The van der Waals surface area contributed by atoms with Gasteiger partial charge in [0.2, 0.25) is 0 Å². The molecule has 0 radical (unpaired) electrons. The normalized spacial score (nSPS) is 19.8. The van der Waals surface area contributed by atoms with Gasteiger partial charge in [0.1, 0.15) is 12.4 Å². The van der Waals surface area contributed by atoms with E-state index in [9.17, 15) is 5.11 Å². The van der Waals surface area contributed by atoms with Crippen LogP contribution in [0.1, 0.15) is 36.6 Å². The van der Waals surface area contributed by atoms with Crippen molar-refractivity contribution >= 4 is 28.9 Å². The van der Waals surface area contributed by atoms with E-state index in [1.54, 1.807) is 18.2 Å². The molecule has 37 heavy (non-hydrogen) atoms. The Kier molecular flexibility index (Phi) is 8.63. The molecular formula is C29H31Cl2N3O3. The molecule has 0 saturated carbocycles. The first-order chi connectivity index (χ1) is 17.7. The van der Waals surface area contributed by atoms with Gasteiger partial charge in [-0.3, -0.25) is 4.90 Å². The Morgan fingerprint density at radius 1 is 1.05 bits per heavy atom. The van der Waals surface area contributed by atoms with Gasteiger partial charge >= 0.3 is 0 Å². The van der Waals surface area contributed by atoms with Gasteiger partial charge in [-0.1, -0.05) is 47.5 Å². The lowest BCUT2D eigenvalue weighted by Crippen LogP contribution is -2.56. The molecule has 0 amide bonds. The SMILES string of the molecule is C[C@@H]1CN(C[C@@](C)(O)c2ccc(C#N)cc2)C[C@@H](c2ccc(Cl)cc2)N1c1ccc(OCCO)cc1Cl. The molecule has 0 aliphatic carbocycles. The predicted molar refractivity (Wildman–Crippen MR) is 147 cm³/mol. The minimum absolute atomic E-state index is 0.0421. The Bertz CT molecular complexity index is 1240. The van der Waals surface area contributed by atoms with Gasteiger partial charge in [0.05, 0.1) is 40.6 Å². The number of halogens is 2. The van der Waals surface area contributed by atoms with Crippen molar-refractivity contribution in [3.63, 3.8) is 0 Å². The molecule has 3 aromatic rings. The zero-order chi connectivity index (χ0) is 26.6. The topological polar surface area (TPSA) is 80.0 Å². The number of ether oxygens (including phenoxy) is 1. The molecule has 1 aliphatic heterocycles. The number of nitrogens with zero attached hydrogens (tertiary/aromatic N) is 3. The van der Waals surface area contributed by atoms with Gasteiger partial charge < -0.3 is 19.8 Å². The zero-order valence-electron chi connectivity index (χ0n) is 20.9. The number of piperazine rings is 1. The third-order valence-corrected chi connectivity index (χ3v) is 7.30. The fourth-order valence-corrected chi connectivity index (χ4v) is 5.44. The molecule has 1 heterocycles. The maximum Gasteiger partial charge on any atom is 0.121 e. The Hall–Kier alpha value is -2.79. The van der Waals surface area contributed by atoms with E-state index in [1.165, 1.54) is 0 Å². The van der Waals surface area contributed by atoms with Crippen LogP contribution in [0.25, 0.3) is 0 Å². The molecule has 0 spiro atoms. The highest BCUT2D eigenvalue weighted by atomic mass is 35.5. The van der Waals surface area contributed by atoms with Crippen LogP contribution in [0.2, 0.25) is 10.0 Å². The van der Waals surface area contributed by atoms with Crippen LogP contribution >= 0.6 is 23.2 Å². The maximum atomic E-state index is 11.4. The van der Waals surface area contributed by atoms with Crippen LogP contribution in [-0.2, 0) is 5.60 Å². The first-order valence-electron chi connectivity index (χ1n) is 12.2. The first kappa shape index (κ1) is 27.3. The third-order valence-electron chi connectivity index (χ3n) is 6.74. The Balaban J connectivity index is 1.63. The van der Waals surface area contributed by atoms with Crippen molar-refractivity contribution in [2.75, 3.05) is 37.7 Å². The van der Waals surface area contributed by atoms with Crippen molar-refractivity contribution in [2.45, 2.75) is 31.5 Å². The Morgan fingerprint density at radius 2 is 1.76 bits per heavy atom. The summed E-state index contributed by atoms with van der Waals surface area (Å²) in [7, 11) is 0. The molecule has 2 N–H and O–H groups in total. The van der Waals surface area contributed by atoms with Crippen molar-refractivity contribution in [3.05, 3.63) is 93.5 Å². The van der Waals surface area contributed by atoms with Crippen LogP contribution in [0.15, 0.2) is 66.7 Å². The number of rotatable bonds is 8. The number of anilines is 1. The third kappa shape index (κ3) is 6.38. The van der Waals surface area contributed by atoms with E-state index in [0.717, 1.165) is 23.4 Å². The van der Waals surface area contributed by atoms with Gasteiger partial charge in [0.25, 0.3) is 0 Å². The lowest BCUT2D eigenvalue weighted by molar-refractivity contribution is 0.00636. The zero-order valence-corrected chi connectivity index (χ0v) is 22.5. The van der Waals surface area contributed by atoms with Crippen molar-refractivity contribution < 1.29 is 14.9 Å². The number of benzene rings is 3. The molecule has 194 valence electrons. The Morgan fingerprint density at radius 3 is 2.38 bits per heavy atom. The van der Waals surface area contributed by atoms with E-state index in [0.29, 0.717) is 34.4 Å². The molecule has 1 saturated heterocycles. The molecule has 0 bridgehead atoms. The van der Waals surface area contributed by atoms with Gasteiger partial charge in [0, 0.05) is 36.8 Å². The van der Waals surface area contributed by atoms with E-state index in [-0.39, 0.29) is 25.3 Å².